The van der Waals surface area contributed by atoms with Crippen molar-refractivity contribution in [3.63, 3.8) is 0 Å². The number of methoxy groups -OCH3 is 1. The van der Waals surface area contributed by atoms with Crippen LogP contribution in [0.1, 0.15) is 6.92 Å². The van der Waals surface area contributed by atoms with Crippen molar-refractivity contribution in [3.05, 3.63) is 59.1 Å². The molecular weight excluding hydrogens is 336 g/mol. The van der Waals surface area contributed by atoms with Crippen LogP contribution in [0.5, 0.6) is 11.5 Å². The van der Waals surface area contributed by atoms with Gasteiger partial charge in [0.15, 0.2) is 17.3 Å². The largest absolute Gasteiger partial charge is 0.504 e. The van der Waals surface area contributed by atoms with Gasteiger partial charge in [-0.2, -0.15) is 4.68 Å². The minimum atomic E-state index is -0.271. The van der Waals surface area contributed by atoms with E-state index in [1.807, 2.05) is 6.07 Å². The van der Waals surface area contributed by atoms with Gasteiger partial charge < -0.3 is 9.84 Å². The zero-order chi connectivity index (χ0) is 18.5. The summed E-state index contributed by atoms with van der Waals surface area (Å²) in [6.07, 6.45) is 1.35. The fourth-order valence-corrected chi connectivity index (χ4v) is 2.15. The van der Waals surface area contributed by atoms with Crippen molar-refractivity contribution in [1.82, 2.24) is 9.66 Å². The van der Waals surface area contributed by atoms with E-state index in [2.05, 4.69) is 25.8 Å². The molecule has 0 saturated carbocycles. The van der Waals surface area contributed by atoms with Crippen molar-refractivity contribution in [1.29, 1.82) is 0 Å². The van der Waals surface area contributed by atoms with Gasteiger partial charge in [0, 0.05) is 6.07 Å². The molecule has 0 aliphatic heterocycles. The Hall–Kier alpha value is -3.75. The Balaban J connectivity index is 1.76. The lowest BCUT2D eigenvalue weighted by Gasteiger charge is -2.05. The molecule has 3 rings (SSSR count). The van der Waals surface area contributed by atoms with Gasteiger partial charge >= 0.3 is 0 Å². The zero-order valence-electron chi connectivity index (χ0n) is 14.1. The van der Waals surface area contributed by atoms with E-state index < -0.39 is 0 Å². The highest BCUT2D eigenvalue weighted by atomic mass is 16.5. The van der Waals surface area contributed by atoms with Gasteiger partial charge in [-0.05, 0) is 31.2 Å². The Kier molecular flexibility index (Phi) is 4.88. The number of fused-ring (bicyclic) bond motifs is 1. The second kappa shape index (κ2) is 7.43. The van der Waals surface area contributed by atoms with Crippen LogP contribution in [-0.2, 0) is 0 Å². The average molecular weight is 352 g/mol. The molecule has 0 atom stereocenters. The smallest absolute Gasteiger partial charge is 0.281 e. The summed E-state index contributed by atoms with van der Waals surface area (Å²) >= 11 is 0. The SMILES string of the molecule is COc1cc(N=NC(C)=NNn2cnc3ccccc3c2=O)ccc1O. The topological polar surface area (TPSA) is 113 Å². The molecule has 9 heteroatoms. The molecular formula is C17H16N6O3. The third-order valence-electron chi connectivity index (χ3n) is 3.46. The van der Waals surface area contributed by atoms with Crippen LogP contribution >= 0.6 is 0 Å². The molecule has 0 bridgehead atoms. The molecule has 0 unspecified atom stereocenters. The van der Waals surface area contributed by atoms with Crippen LogP contribution in [0.4, 0.5) is 5.69 Å². The first-order valence-corrected chi connectivity index (χ1v) is 7.64. The summed E-state index contributed by atoms with van der Waals surface area (Å²) in [6.45, 7) is 1.62. The number of rotatable bonds is 4. The normalized spacial score (nSPS) is 11.8. The predicted molar refractivity (Wildman–Crippen MR) is 97.6 cm³/mol. The lowest BCUT2D eigenvalue weighted by atomic mass is 10.2. The number of benzene rings is 2. The van der Waals surface area contributed by atoms with Crippen molar-refractivity contribution in [2.75, 3.05) is 12.6 Å². The predicted octanol–water partition coefficient (Wildman–Crippen LogP) is 2.77. The molecule has 0 saturated heterocycles. The molecule has 0 amide bonds. The summed E-state index contributed by atoms with van der Waals surface area (Å²) in [4.78, 5) is 16.5. The number of phenolic OH excluding ortho intramolecular Hbond substituents is 1. The molecule has 0 spiro atoms. The van der Waals surface area contributed by atoms with Crippen molar-refractivity contribution < 1.29 is 9.84 Å². The van der Waals surface area contributed by atoms with E-state index in [1.165, 1.54) is 25.6 Å². The van der Waals surface area contributed by atoms with Gasteiger partial charge in [-0.15, -0.1) is 15.3 Å². The number of ether oxygens (including phenoxy) is 1. The number of para-hydroxylation sites is 1. The van der Waals surface area contributed by atoms with E-state index in [4.69, 9.17) is 4.74 Å². The van der Waals surface area contributed by atoms with E-state index in [0.29, 0.717) is 22.3 Å². The fourth-order valence-electron chi connectivity index (χ4n) is 2.15. The van der Waals surface area contributed by atoms with Crippen molar-refractivity contribution in [2.45, 2.75) is 6.92 Å². The number of phenols is 1. The number of nitrogens with one attached hydrogen (secondary N) is 1. The first-order valence-electron chi connectivity index (χ1n) is 7.64. The molecule has 0 aliphatic rings. The Morgan fingerprint density at radius 2 is 2.08 bits per heavy atom. The maximum atomic E-state index is 12.3. The van der Waals surface area contributed by atoms with Crippen molar-refractivity contribution in [3.8, 4) is 11.5 Å². The van der Waals surface area contributed by atoms with Gasteiger partial charge in [0.05, 0.1) is 23.7 Å². The number of nitrogens with zero attached hydrogens (tertiary/aromatic N) is 5. The summed E-state index contributed by atoms with van der Waals surface area (Å²) in [7, 11) is 1.45. The molecule has 0 fully saturated rings. The van der Waals surface area contributed by atoms with Gasteiger partial charge in [0.2, 0.25) is 0 Å². The van der Waals surface area contributed by atoms with Crippen LogP contribution in [0.2, 0.25) is 0 Å². The molecule has 2 aromatic carbocycles. The van der Waals surface area contributed by atoms with Crippen LogP contribution < -0.4 is 15.8 Å². The molecule has 3 aromatic rings. The van der Waals surface area contributed by atoms with Crippen LogP contribution in [0, 0.1) is 0 Å². The third kappa shape index (κ3) is 3.66. The summed E-state index contributed by atoms with van der Waals surface area (Å²) in [5.74, 6) is 0.599. The molecule has 1 aromatic heterocycles. The van der Waals surface area contributed by atoms with Gasteiger partial charge in [0.25, 0.3) is 5.56 Å². The second-order valence-electron chi connectivity index (χ2n) is 5.25. The summed E-state index contributed by atoms with van der Waals surface area (Å²) in [5, 5.41) is 22.0. The molecule has 0 aliphatic carbocycles. The number of hydrazone groups is 1. The Morgan fingerprint density at radius 3 is 2.88 bits per heavy atom. The first-order chi connectivity index (χ1) is 12.6. The van der Waals surface area contributed by atoms with E-state index in [9.17, 15) is 9.90 Å². The van der Waals surface area contributed by atoms with E-state index in [1.54, 1.807) is 31.2 Å². The average Bonchev–Trinajstić information content (AvgIpc) is 2.67. The van der Waals surface area contributed by atoms with Gasteiger partial charge in [-0.1, -0.05) is 12.1 Å². The number of azo groups is 1. The lowest BCUT2D eigenvalue weighted by molar-refractivity contribution is 0.373. The van der Waals surface area contributed by atoms with Gasteiger partial charge in [-0.3, -0.25) is 4.79 Å². The van der Waals surface area contributed by atoms with Crippen LogP contribution in [0.25, 0.3) is 10.9 Å². The van der Waals surface area contributed by atoms with Crippen LogP contribution in [0.3, 0.4) is 0 Å². The monoisotopic (exact) mass is 352 g/mol. The summed E-state index contributed by atoms with van der Waals surface area (Å²) in [6, 6.07) is 11.6. The van der Waals surface area contributed by atoms with Gasteiger partial charge in [-0.25, -0.2) is 10.5 Å². The highest BCUT2D eigenvalue weighted by molar-refractivity contribution is 5.80. The van der Waals surface area contributed by atoms with Crippen LogP contribution in [0.15, 0.2) is 68.9 Å². The molecule has 26 heavy (non-hydrogen) atoms. The maximum absolute atomic E-state index is 12.3. The molecule has 1 heterocycles. The molecule has 2 N–H and O–H groups in total. The standard InChI is InChI=1S/C17H16N6O3/c1-11(19-21-12-7-8-15(24)16(9-12)26-2)20-22-23-10-18-14-6-4-3-5-13(14)17(23)25/h3-10,22,24H,1-2H3. The van der Waals surface area contributed by atoms with Gasteiger partial charge in [0.1, 0.15) is 6.33 Å². The molecule has 0 radical (unpaired) electrons. The maximum Gasteiger partial charge on any atom is 0.281 e. The second-order valence-corrected chi connectivity index (χ2v) is 5.25. The lowest BCUT2D eigenvalue weighted by Crippen LogP contribution is -2.26. The first kappa shape index (κ1) is 17.1. The third-order valence-corrected chi connectivity index (χ3v) is 3.46. The highest BCUT2D eigenvalue weighted by Gasteiger charge is 2.03. The van der Waals surface area contributed by atoms with Crippen molar-refractivity contribution >= 4 is 22.4 Å². The highest BCUT2D eigenvalue weighted by Crippen LogP contribution is 2.30. The Labute approximate surface area is 148 Å². The minimum Gasteiger partial charge on any atom is -0.504 e. The molecule has 132 valence electrons. The van der Waals surface area contributed by atoms with E-state index in [0.717, 1.165) is 4.68 Å². The summed E-state index contributed by atoms with van der Waals surface area (Å²) < 4.78 is 6.16. The minimum absolute atomic E-state index is 0.0154. The number of hydrogen-bond acceptors (Lipinski definition) is 7. The Bertz CT molecular complexity index is 1060. The van der Waals surface area contributed by atoms with Crippen LogP contribution in [-0.4, -0.2) is 27.7 Å². The quantitative estimate of drug-likeness (QED) is 0.324. The number of amidine groups is 1. The van der Waals surface area contributed by atoms with Crippen molar-refractivity contribution in [2.24, 2.45) is 15.3 Å². The summed E-state index contributed by atoms with van der Waals surface area (Å²) in [5.41, 5.74) is 3.41. The number of aromatic hydroxyl groups is 1. The number of aromatic nitrogens is 2. The number of hydrogen-bond donors (Lipinski definition) is 2. The van der Waals surface area contributed by atoms with E-state index in [-0.39, 0.29) is 17.1 Å². The Morgan fingerprint density at radius 1 is 1.27 bits per heavy atom. The fraction of sp³-hybridized carbons (Fsp3) is 0.118. The van der Waals surface area contributed by atoms with E-state index >= 15 is 0 Å². The zero-order valence-corrected chi connectivity index (χ0v) is 14.1. The molecule has 9 nitrogen and oxygen atoms in total.